The summed E-state index contributed by atoms with van der Waals surface area (Å²) in [6.07, 6.45) is 17.2. The molecule has 0 bridgehead atoms. The first-order valence-corrected chi connectivity index (χ1v) is 18.8. The number of para-hydroxylation sites is 1. The number of hydrogen-bond donors (Lipinski definition) is 5. The van der Waals surface area contributed by atoms with Gasteiger partial charge >= 0.3 is 0 Å². The van der Waals surface area contributed by atoms with Crippen LogP contribution >= 0.6 is 0 Å². The zero-order valence-corrected chi connectivity index (χ0v) is 30.4. The van der Waals surface area contributed by atoms with Crippen molar-refractivity contribution in [2.45, 2.75) is 142 Å². The molecular formula is C39H64N6O4. The van der Waals surface area contributed by atoms with Crippen molar-refractivity contribution < 1.29 is 19.2 Å². The summed E-state index contributed by atoms with van der Waals surface area (Å²) in [5, 5.41) is 3.97. The van der Waals surface area contributed by atoms with E-state index in [1.165, 1.54) is 51.4 Å². The average Bonchev–Trinajstić information content (AvgIpc) is 3.46. The third-order valence-electron chi connectivity index (χ3n) is 9.30. The fourth-order valence-corrected chi connectivity index (χ4v) is 6.55. The standard InChI is InChI=1S/C39H64N6O4/c1-4-5-6-7-8-9-10-11-12-13-14-18-32(46)25-30(24-31-27-44-34-20-16-15-19-33(31)34)38(49)45-35(21-17-22-43-39(41)42)36(47)26-29(37(40)48)23-28(2)3/h15-16,19-20,27-30,35,44H,4-14,17-18,21-26H2,1-3H3,(H2,40,48)(H,45,49)(H4,41,42,43)/t29-,30+,35+/m1/s1. The van der Waals surface area contributed by atoms with Crippen LogP contribution in [0.1, 0.15) is 135 Å². The Labute approximate surface area is 294 Å². The molecule has 0 aliphatic heterocycles. The molecule has 1 aromatic carbocycles. The summed E-state index contributed by atoms with van der Waals surface area (Å²) in [5.74, 6) is -2.25. The van der Waals surface area contributed by atoms with E-state index in [9.17, 15) is 19.2 Å². The molecule has 10 heteroatoms. The number of carbonyl (C=O) groups is 4. The number of Topliss-reactive ketones (excluding diaryl/α,β-unsaturated/α-hetero) is 2. The van der Waals surface area contributed by atoms with Crippen molar-refractivity contribution in [1.29, 1.82) is 0 Å². The highest BCUT2D eigenvalue weighted by Crippen LogP contribution is 2.24. The Morgan fingerprint density at radius 2 is 1.45 bits per heavy atom. The van der Waals surface area contributed by atoms with Gasteiger partial charge in [-0.2, -0.15) is 0 Å². The van der Waals surface area contributed by atoms with Crippen LogP contribution in [0.15, 0.2) is 35.5 Å². The molecule has 0 aliphatic carbocycles. The van der Waals surface area contributed by atoms with E-state index in [-0.39, 0.29) is 42.2 Å². The summed E-state index contributed by atoms with van der Waals surface area (Å²) in [7, 11) is 0. The number of guanidine groups is 1. The van der Waals surface area contributed by atoms with Gasteiger partial charge in [-0.1, -0.05) is 103 Å². The van der Waals surface area contributed by atoms with E-state index in [0.29, 0.717) is 38.6 Å². The number of ketones is 2. The number of benzene rings is 1. The van der Waals surface area contributed by atoms with Crippen LogP contribution < -0.4 is 22.5 Å². The maximum Gasteiger partial charge on any atom is 0.224 e. The molecule has 0 unspecified atom stereocenters. The Balaban J connectivity index is 2.09. The summed E-state index contributed by atoms with van der Waals surface area (Å²) in [6.45, 7) is 6.47. The molecule has 2 aromatic rings. The number of rotatable bonds is 28. The maximum absolute atomic E-state index is 14.0. The van der Waals surface area contributed by atoms with E-state index in [2.05, 4.69) is 22.2 Å². The second-order valence-corrected chi connectivity index (χ2v) is 14.2. The SMILES string of the molecule is CCCCCCCCCCCCCC(=O)C[C@H](Cc1c[nH]c2ccccc12)C(=O)N[C@@H](CCCN=C(N)N)C(=O)C[C@@H](CC(C)C)C(N)=O. The second-order valence-electron chi connectivity index (χ2n) is 14.2. The van der Waals surface area contributed by atoms with Gasteiger partial charge in [0.05, 0.1) is 6.04 Å². The van der Waals surface area contributed by atoms with Gasteiger partial charge in [0, 0.05) is 54.7 Å². The van der Waals surface area contributed by atoms with Gasteiger partial charge < -0.3 is 27.5 Å². The lowest BCUT2D eigenvalue weighted by Crippen LogP contribution is -2.45. The molecule has 0 aliphatic rings. The Morgan fingerprint density at radius 3 is 2.06 bits per heavy atom. The van der Waals surface area contributed by atoms with Gasteiger partial charge in [-0.25, -0.2) is 0 Å². The lowest BCUT2D eigenvalue weighted by atomic mass is 9.88. The molecule has 0 saturated heterocycles. The first-order valence-electron chi connectivity index (χ1n) is 18.8. The number of aromatic amines is 1. The number of nitrogens with two attached hydrogens (primary N) is 3. The van der Waals surface area contributed by atoms with E-state index < -0.39 is 23.8 Å². The number of primary amides is 1. The van der Waals surface area contributed by atoms with Gasteiger partial charge in [-0.15, -0.1) is 0 Å². The van der Waals surface area contributed by atoms with E-state index in [1.807, 2.05) is 44.3 Å². The van der Waals surface area contributed by atoms with E-state index in [1.54, 1.807) is 0 Å². The molecule has 2 rings (SSSR count). The molecule has 0 spiro atoms. The van der Waals surface area contributed by atoms with Crippen LogP contribution in [0, 0.1) is 17.8 Å². The molecule has 10 nitrogen and oxygen atoms in total. The number of H-pyrrole nitrogens is 1. The number of aliphatic imine (C=N–C) groups is 1. The summed E-state index contributed by atoms with van der Waals surface area (Å²) in [4.78, 5) is 60.3. The first kappa shape index (κ1) is 41.5. The highest BCUT2D eigenvalue weighted by Gasteiger charge is 2.30. The van der Waals surface area contributed by atoms with E-state index in [4.69, 9.17) is 17.2 Å². The molecule has 0 radical (unpaired) electrons. The summed E-state index contributed by atoms with van der Waals surface area (Å²) < 4.78 is 0. The van der Waals surface area contributed by atoms with Crippen molar-refractivity contribution in [3.63, 3.8) is 0 Å². The van der Waals surface area contributed by atoms with Gasteiger partial charge in [0.1, 0.15) is 5.78 Å². The number of amides is 2. The largest absolute Gasteiger partial charge is 0.370 e. The van der Waals surface area contributed by atoms with Crippen molar-refractivity contribution in [3.8, 4) is 0 Å². The molecule has 3 atom stereocenters. The van der Waals surface area contributed by atoms with Gasteiger partial charge in [0.25, 0.3) is 0 Å². The Morgan fingerprint density at radius 1 is 0.816 bits per heavy atom. The number of nitrogens with one attached hydrogen (secondary N) is 2. The average molecular weight is 681 g/mol. The predicted octanol–water partition coefficient (Wildman–Crippen LogP) is 6.63. The van der Waals surface area contributed by atoms with Crippen LogP contribution in [0.4, 0.5) is 0 Å². The second kappa shape index (κ2) is 23.6. The third-order valence-corrected chi connectivity index (χ3v) is 9.30. The fraction of sp³-hybridized carbons (Fsp3) is 0.667. The topological polar surface area (TPSA) is 187 Å². The van der Waals surface area contributed by atoms with Crippen LogP contribution in [0.2, 0.25) is 0 Å². The van der Waals surface area contributed by atoms with Gasteiger partial charge in [-0.3, -0.25) is 24.2 Å². The Bertz CT molecular complexity index is 1320. The smallest absolute Gasteiger partial charge is 0.224 e. The van der Waals surface area contributed by atoms with E-state index >= 15 is 0 Å². The summed E-state index contributed by atoms with van der Waals surface area (Å²) in [5.41, 5.74) is 18.5. The monoisotopic (exact) mass is 680 g/mol. The van der Waals surface area contributed by atoms with Crippen LogP contribution in [-0.4, -0.2) is 46.9 Å². The molecule has 0 saturated carbocycles. The molecule has 2 amide bonds. The minimum Gasteiger partial charge on any atom is -0.370 e. The fourth-order valence-electron chi connectivity index (χ4n) is 6.55. The zero-order chi connectivity index (χ0) is 36.0. The van der Waals surface area contributed by atoms with E-state index in [0.717, 1.165) is 35.7 Å². The van der Waals surface area contributed by atoms with Gasteiger partial charge in [0.2, 0.25) is 11.8 Å². The number of nitrogens with zero attached hydrogens (tertiary/aromatic N) is 1. The minimum atomic E-state index is -0.858. The predicted molar refractivity (Wildman–Crippen MR) is 200 cm³/mol. The molecule has 49 heavy (non-hydrogen) atoms. The summed E-state index contributed by atoms with van der Waals surface area (Å²) in [6, 6.07) is 7.01. The number of aromatic nitrogens is 1. The molecule has 274 valence electrons. The first-order chi connectivity index (χ1) is 23.5. The normalized spacial score (nSPS) is 13.2. The van der Waals surface area contributed by atoms with Crippen molar-refractivity contribution in [1.82, 2.24) is 10.3 Å². The molecule has 8 N–H and O–H groups in total. The van der Waals surface area contributed by atoms with Crippen LogP contribution in [-0.2, 0) is 25.6 Å². The van der Waals surface area contributed by atoms with Crippen molar-refractivity contribution in [3.05, 3.63) is 36.0 Å². The number of hydrogen-bond acceptors (Lipinski definition) is 5. The number of unbranched alkanes of at least 4 members (excludes halogenated alkanes) is 10. The quantitative estimate of drug-likeness (QED) is 0.0381. The minimum absolute atomic E-state index is 0.0484. The number of carbonyl (C=O) groups excluding carboxylic acids is 4. The third kappa shape index (κ3) is 17.0. The Kier molecular flexibility index (Phi) is 20.0. The van der Waals surface area contributed by atoms with Crippen LogP contribution in [0.25, 0.3) is 10.9 Å². The number of fused-ring (bicyclic) bond motifs is 1. The molecular weight excluding hydrogens is 616 g/mol. The van der Waals surface area contributed by atoms with Gasteiger partial charge in [0.15, 0.2) is 11.7 Å². The van der Waals surface area contributed by atoms with Crippen LogP contribution in [0.5, 0.6) is 0 Å². The maximum atomic E-state index is 14.0. The van der Waals surface area contributed by atoms with Crippen molar-refractivity contribution in [2.75, 3.05) is 6.54 Å². The molecule has 0 fully saturated rings. The molecule has 1 aromatic heterocycles. The van der Waals surface area contributed by atoms with Gasteiger partial charge in [-0.05, 0) is 49.7 Å². The lowest BCUT2D eigenvalue weighted by Gasteiger charge is -2.24. The highest BCUT2D eigenvalue weighted by molar-refractivity contribution is 5.94. The zero-order valence-electron chi connectivity index (χ0n) is 30.4. The van der Waals surface area contributed by atoms with Crippen molar-refractivity contribution in [2.24, 2.45) is 39.9 Å². The van der Waals surface area contributed by atoms with Crippen LogP contribution in [0.3, 0.4) is 0 Å². The lowest BCUT2D eigenvalue weighted by molar-refractivity contribution is -0.133. The summed E-state index contributed by atoms with van der Waals surface area (Å²) >= 11 is 0. The highest BCUT2D eigenvalue weighted by atomic mass is 16.2. The molecule has 1 heterocycles. The van der Waals surface area contributed by atoms with Crippen molar-refractivity contribution >= 4 is 40.2 Å². The Hall–Kier alpha value is -3.69.